The fourth-order valence-corrected chi connectivity index (χ4v) is 2.81. The molecule has 0 bridgehead atoms. The molecule has 19 heavy (non-hydrogen) atoms. The Balaban J connectivity index is 1.82. The molecule has 0 spiro atoms. The number of aliphatic hydroxyl groups is 1. The third-order valence-corrected chi connectivity index (χ3v) is 4.26. The zero-order valence-corrected chi connectivity index (χ0v) is 12.0. The second-order valence-corrected chi connectivity index (χ2v) is 6.00. The summed E-state index contributed by atoms with van der Waals surface area (Å²) in [6, 6.07) is 7.61. The lowest BCUT2D eigenvalue weighted by atomic mass is 9.87. The Bertz CT molecular complexity index is 424. The van der Waals surface area contributed by atoms with Crippen LogP contribution < -0.4 is 5.32 Å². The Morgan fingerprint density at radius 1 is 1.26 bits per heavy atom. The van der Waals surface area contributed by atoms with Crippen molar-refractivity contribution in [2.24, 2.45) is 5.41 Å². The molecule has 3 nitrogen and oxygen atoms in total. The van der Waals surface area contributed by atoms with Crippen LogP contribution >= 0.6 is 12.6 Å². The van der Waals surface area contributed by atoms with E-state index in [1.807, 2.05) is 24.3 Å². The molecule has 0 aromatic heterocycles. The molecule has 1 aliphatic carbocycles. The summed E-state index contributed by atoms with van der Waals surface area (Å²) in [5, 5.41) is 12.5. The van der Waals surface area contributed by atoms with Crippen molar-refractivity contribution in [1.82, 2.24) is 5.32 Å². The van der Waals surface area contributed by atoms with Crippen LogP contribution in [0.5, 0.6) is 0 Å². The van der Waals surface area contributed by atoms with Gasteiger partial charge in [-0.3, -0.25) is 4.79 Å². The summed E-state index contributed by atoms with van der Waals surface area (Å²) < 4.78 is 0. The van der Waals surface area contributed by atoms with Gasteiger partial charge in [-0.2, -0.15) is 0 Å². The molecule has 0 unspecified atom stereocenters. The maximum atomic E-state index is 11.9. The second kappa shape index (κ2) is 6.44. The standard InChI is InChI=1S/C15H21NO2S/c17-11-15(7-1-2-8-15)10-16-14(18)9-12-3-5-13(19)6-4-12/h3-6,17,19H,1-2,7-11H2,(H,16,18). The zero-order valence-electron chi connectivity index (χ0n) is 11.1. The summed E-state index contributed by atoms with van der Waals surface area (Å²) in [6.07, 6.45) is 4.71. The normalized spacial score (nSPS) is 17.4. The Kier molecular flexibility index (Phi) is 4.88. The third-order valence-electron chi connectivity index (χ3n) is 3.96. The average Bonchev–Trinajstić information content (AvgIpc) is 2.89. The molecule has 1 aliphatic rings. The van der Waals surface area contributed by atoms with Crippen molar-refractivity contribution in [1.29, 1.82) is 0 Å². The highest BCUT2D eigenvalue weighted by Gasteiger charge is 2.33. The third kappa shape index (κ3) is 3.98. The number of hydrogen-bond donors (Lipinski definition) is 3. The first-order chi connectivity index (χ1) is 9.13. The molecule has 4 heteroatoms. The van der Waals surface area contributed by atoms with Gasteiger partial charge in [0, 0.05) is 16.9 Å². The van der Waals surface area contributed by atoms with E-state index in [2.05, 4.69) is 17.9 Å². The van der Waals surface area contributed by atoms with Crippen molar-refractivity contribution in [3.8, 4) is 0 Å². The van der Waals surface area contributed by atoms with Crippen molar-refractivity contribution < 1.29 is 9.90 Å². The first-order valence-corrected chi connectivity index (χ1v) is 7.24. The quantitative estimate of drug-likeness (QED) is 0.724. The predicted octanol–water partition coefficient (Wildman–Crippen LogP) is 2.19. The van der Waals surface area contributed by atoms with Crippen LogP contribution in [0.25, 0.3) is 0 Å². The molecule has 104 valence electrons. The van der Waals surface area contributed by atoms with Gasteiger partial charge in [0.15, 0.2) is 0 Å². The van der Waals surface area contributed by atoms with Crippen LogP contribution in [0, 0.1) is 5.41 Å². The van der Waals surface area contributed by atoms with Crippen molar-refractivity contribution in [3.05, 3.63) is 29.8 Å². The summed E-state index contributed by atoms with van der Waals surface area (Å²) in [6.45, 7) is 0.759. The maximum Gasteiger partial charge on any atom is 0.224 e. The molecule has 0 radical (unpaired) electrons. The number of amides is 1. The number of hydrogen-bond acceptors (Lipinski definition) is 3. The van der Waals surface area contributed by atoms with Crippen molar-refractivity contribution >= 4 is 18.5 Å². The number of thiol groups is 1. The minimum atomic E-state index is -0.0788. The number of aliphatic hydroxyl groups excluding tert-OH is 1. The molecule has 1 saturated carbocycles. The second-order valence-electron chi connectivity index (χ2n) is 5.49. The van der Waals surface area contributed by atoms with Gasteiger partial charge in [0.2, 0.25) is 5.91 Å². The fraction of sp³-hybridized carbons (Fsp3) is 0.533. The molecular formula is C15H21NO2S. The Morgan fingerprint density at radius 3 is 2.47 bits per heavy atom. The van der Waals surface area contributed by atoms with Gasteiger partial charge in [0.05, 0.1) is 13.0 Å². The lowest BCUT2D eigenvalue weighted by Crippen LogP contribution is -2.38. The zero-order chi connectivity index (χ0) is 13.7. The topological polar surface area (TPSA) is 49.3 Å². The van der Waals surface area contributed by atoms with E-state index in [4.69, 9.17) is 0 Å². The molecule has 1 amide bonds. The minimum absolute atomic E-state index is 0.0200. The maximum absolute atomic E-state index is 11.9. The molecule has 0 aliphatic heterocycles. The van der Waals surface area contributed by atoms with Crippen LogP contribution in [-0.2, 0) is 11.2 Å². The molecular weight excluding hydrogens is 258 g/mol. The Hall–Kier alpha value is -1.00. The Labute approximate surface area is 119 Å². The first-order valence-electron chi connectivity index (χ1n) is 6.79. The van der Waals surface area contributed by atoms with Crippen LogP contribution in [0.4, 0.5) is 0 Å². The van der Waals surface area contributed by atoms with Gasteiger partial charge in [-0.15, -0.1) is 12.6 Å². The largest absolute Gasteiger partial charge is 0.396 e. The smallest absolute Gasteiger partial charge is 0.224 e. The van der Waals surface area contributed by atoms with Crippen LogP contribution in [0.15, 0.2) is 29.2 Å². The van der Waals surface area contributed by atoms with Crippen LogP contribution in [0.2, 0.25) is 0 Å². The van der Waals surface area contributed by atoms with E-state index in [9.17, 15) is 9.90 Å². The first kappa shape index (κ1) is 14.4. The number of nitrogens with one attached hydrogen (secondary N) is 1. The van der Waals surface area contributed by atoms with Gasteiger partial charge in [0.25, 0.3) is 0 Å². The van der Waals surface area contributed by atoms with Gasteiger partial charge in [-0.25, -0.2) is 0 Å². The van der Waals surface area contributed by atoms with E-state index >= 15 is 0 Å². The van der Waals surface area contributed by atoms with Crippen molar-refractivity contribution in [3.63, 3.8) is 0 Å². The molecule has 0 saturated heterocycles. The van der Waals surface area contributed by atoms with Crippen molar-refractivity contribution in [2.75, 3.05) is 13.2 Å². The summed E-state index contributed by atoms with van der Waals surface area (Å²) in [4.78, 5) is 12.8. The van der Waals surface area contributed by atoms with Crippen LogP contribution in [0.3, 0.4) is 0 Å². The summed E-state index contributed by atoms with van der Waals surface area (Å²) in [5.41, 5.74) is 0.907. The highest BCUT2D eigenvalue weighted by atomic mass is 32.1. The molecule has 0 heterocycles. The minimum Gasteiger partial charge on any atom is -0.396 e. The highest BCUT2D eigenvalue weighted by molar-refractivity contribution is 7.80. The van der Waals surface area contributed by atoms with Gasteiger partial charge >= 0.3 is 0 Å². The Morgan fingerprint density at radius 2 is 1.89 bits per heavy atom. The van der Waals surface area contributed by atoms with E-state index in [-0.39, 0.29) is 17.9 Å². The lowest BCUT2D eigenvalue weighted by Gasteiger charge is -2.26. The number of carbonyl (C=O) groups is 1. The molecule has 2 rings (SSSR count). The van der Waals surface area contributed by atoms with E-state index in [1.165, 1.54) is 0 Å². The molecule has 0 atom stereocenters. The fourth-order valence-electron chi connectivity index (χ4n) is 2.66. The van der Waals surface area contributed by atoms with Gasteiger partial charge in [0.1, 0.15) is 0 Å². The SMILES string of the molecule is O=C(Cc1ccc(S)cc1)NCC1(CO)CCCC1. The number of carbonyl (C=O) groups excluding carboxylic acids is 1. The molecule has 1 fully saturated rings. The monoisotopic (exact) mass is 279 g/mol. The lowest BCUT2D eigenvalue weighted by molar-refractivity contribution is -0.121. The van der Waals surface area contributed by atoms with Gasteiger partial charge in [-0.05, 0) is 30.5 Å². The summed E-state index contributed by atoms with van der Waals surface area (Å²) >= 11 is 4.22. The summed E-state index contributed by atoms with van der Waals surface area (Å²) in [7, 11) is 0. The highest BCUT2D eigenvalue weighted by Crippen LogP contribution is 2.36. The van der Waals surface area contributed by atoms with Gasteiger partial charge < -0.3 is 10.4 Å². The molecule has 2 N–H and O–H groups in total. The van der Waals surface area contributed by atoms with Crippen LogP contribution in [0.1, 0.15) is 31.2 Å². The van der Waals surface area contributed by atoms with E-state index < -0.39 is 0 Å². The number of rotatable bonds is 5. The van der Waals surface area contributed by atoms with Crippen LogP contribution in [-0.4, -0.2) is 24.2 Å². The summed E-state index contributed by atoms with van der Waals surface area (Å²) in [5.74, 6) is 0.0200. The predicted molar refractivity (Wildman–Crippen MR) is 78.4 cm³/mol. The average molecular weight is 279 g/mol. The molecule has 1 aromatic rings. The van der Waals surface area contributed by atoms with E-state index in [0.717, 1.165) is 36.1 Å². The number of benzene rings is 1. The van der Waals surface area contributed by atoms with E-state index in [0.29, 0.717) is 13.0 Å². The molecule has 1 aromatic carbocycles. The van der Waals surface area contributed by atoms with Crippen molar-refractivity contribution in [2.45, 2.75) is 37.0 Å². The van der Waals surface area contributed by atoms with E-state index in [1.54, 1.807) is 0 Å². The van der Waals surface area contributed by atoms with Gasteiger partial charge in [-0.1, -0.05) is 25.0 Å².